The number of methoxy groups -OCH3 is 1. The number of hydrogen-bond donors (Lipinski definition) is 1. The molecule has 132 valence electrons. The van der Waals surface area contributed by atoms with Crippen LogP contribution >= 0.6 is 0 Å². The molecule has 0 aromatic heterocycles. The second-order valence-electron chi connectivity index (χ2n) is 5.16. The Kier molecular flexibility index (Phi) is 7.29. The summed E-state index contributed by atoms with van der Waals surface area (Å²) in [6.07, 6.45) is 0.620. The average molecular weight is 343 g/mol. The van der Waals surface area contributed by atoms with Crippen LogP contribution in [0.5, 0.6) is 0 Å². The summed E-state index contributed by atoms with van der Waals surface area (Å²) in [4.78, 5) is 35.2. The fraction of sp³-hybridized carbons (Fsp3) is 0.438. The minimum absolute atomic E-state index is 0.178. The topological polar surface area (TPSA) is 81.7 Å². The van der Waals surface area contributed by atoms with E-state index >= 15 is 0 Å². The van der Waals surface area contributed by atoms with E-state index in [0.29, 0.717) is 12.5 Å². The molecule has 0 saturated carbocycles. The summed E-state index contributed by atoms with van der Waals surface area (Å²) in [7, 11) is 1.20. The minimum Gasteiger partial charge on any atom is -0.467 e. The first-order chi connectivity index (χ1) is 11.3. The number of carbonyl (C=O) groups is 3. The number of esters is 2. The number of amides is 1. The number of carbonyl (C=O) groups excluding carboxylic acids is 3. The van der Waals surface area contributed by atoms with E-state index in [0.717, 1.165) is 12.1 Å². The highest BCUT2D eigenvalue weighted by atomic mass is 19.2. The van der Waals surface area contributed by atoms with Gasteiger partial charge in [-0.3, -0.25) is 4.79 Å². The van der Waals surface area contributed by atoms with Gasteiger partial charge in [0.1, 0.15) is 6.04 Å². The summed E-state index contributed by atoms with van der Waals surface area (Å²) in [5.74, 6) is -4.77. The third kappa shape index (κ3) is 5.29. The molecule has 1 aromatic carbocycles. The Morgan fingerprint density at radius 1 is 1.21 bits per heavy atom. The molecule has 1 N–H and O–H groups in total. The summed E-state index contributed by atoms with van der Waals surface area (Å²) in [5, 5.41) is 2.42. The number of rotatable bonds is 7. The van der Waals surface area contributed by atoms with Crippen LogP contribution in [0.3, 0.4) is 0 Å². The fourth-order valence-electron chi connectivity index (χ4n) is 1.85. The van der Waals surface area contributed by atoms with E-state index in [1.54, 1.807) is 6.92 Å². The smallest absolute Gasteiger partial charge is 0.338 e. The first kappa shape index (κ1) is 19.5. The molecule has 0 aliphatic rings. The van der Waals surface area contributed by atoms with Crippen molar-refractivity contribution in [3.05, 3.63) is 35.4 Å². The van der Waals surface area contributed by atoms with E-state index in [4.69, 9.17) is 4.74 Å². The molecule has 1 rings (SSSR count). The van der Waals surface area contributed by atoms with Crippen LogP contribution in [-0.4, -0.2) is 37.6 Å². The molecular weight excluding hydrogens is 324 g/mol. The Morgan fingerprint density at radius 3 is 2.42 bits per heavy atom. The predicted molar refractivity (Wildman–Crippen MR) is 80.0 cm³/mol. The third-order valence-corrected chi connectivity index (χ3v) is 3.47. The SMILES string of the molecule is CCC(C)C(NC(=O)COC(=O)c1ccc(F)c(F)c1)C(=O)OC. The maximum Gasteiger partial charge on any atom is 0.338 e. The summed E-state index contributed by atoms with van der Waals surface area (Å²) >= 11 is 0. The summed E-state index contributed by atoms with van der Waals surface area (Å²) in [6.45, 7) is 2.94. The summed E-state index contributed by atoms with van der Waals surface area (Å²) < 4.78 is 35.2. The van der Waals surface area contributed by atoms with Crippen LogP contribution in [0.15, 0.2) is 18.2 Å². The van der Waals surface area contributed by atoms with Crippen LogP contribution in [0, 0.1) is 17.6 Å². The predicted octanol–water partition coefficient (Wildman–Crippen LogP) is 1.83. The number of nitrogens with one attached hydrogen (secondary N) is 1. The molecule has 2 unspecified atom stereocenters. The van der Waals surface area contributed by atoms with Crippen LogP contribution in [0.1, 0.15) is 30.6 Å². The first-order valence-electron chi connectivity index (χ1n) is 7.29. The van der Waals surface area contributed by atoms with Crippen molar-refractivity contribution in [3.8, 4) is 0 Å². The van der Waals surface area contributed by atoms with Crippen LogP contribution < -0.4 is 5.32 Å². The molecule has 1 amide bonds. The van der Waals surface area contributed by atoms with Gasteiger partial charge in [0.15, 0.2) is 18.2 Å². The zero-order chi connectivity index (χ0) is 18.3. The molecule has 8 heteroatoms. The molecule has 0 saturated heterocycles. The second kappa shape index (κ2) is 8.95. The highest BCUT2D eigenvalue weighted by Crippen LogP contribution is 2.11. The number of halogens is 2. The molecular formula is C16H19F2NO5. The van der Waals surface area contributed by atoms with Gasteiger partial charge < -0.3 is 14.8 Å². The molecule has 0 fully saturated rings. The first-order valence-corrected chi connectivity index (χ1v) is 7.29. The normalized spacial score (nSPS) is 12.9. The molecule has 0 bridgehead atoms. The highest BCUT2D eigenvalue weighted by Gasteiger charge is 2.27. The van der Waals surface area contributed by atoms with E-state index in [1.165, 1.54) is 7.11 Å². The van der Waals surface area contributed by atoms with Crippen molar-refractivity contribution in [1.82, 2.24) is 5.32 Å². The zero-order valence-electron chi connectivity index (χ0n) is 13.6. The van der Waals surface area contributed by atoms with E-state index in [-0.39, 0.29) is 11.5 Å². The van der Waals surface area contributed by atoms with E-state index in [9.17, 15) is 23.2 Å². The van der Waals surface area contributed by atoms with Gasteiger partial charge in [-0.25, -0.2) is 18.4 Å². The van der Waals surface area contributed by atoms with Gasteiger partial charge in [-0.05, 0) is 24.1 Å². The second-order valence-corrected chi connectivity index (χ2v) is 5.16. The maximum absolute atomic E-state index is 13.1. The van der Waals surface area contributed by atoms with Crippen molar-refractivity contribution in [2.75, 3.05) is 13.7 Å². The lowest BCUT2D eigenvalue weighted by Gasteiger charge is -2.21. The minimum atomic E-state index is -1.20. The van der Waals surface area contributed by atoms with Gasteiger partial charge >= 0.3 is 11.9 Å². The maximum atomic E-state index is 13.1. The molecule has 0 spiro atoms. The van der Waals surface area contributed by atoms with E-state index in [2.05, 4.69) is 10.1 Å². The molecule has 24 heavy (non-hydrogen) atoms. The molecule has 0 heterocycles. The van der Waals surface area contributed by atoms with Gasteiger partial charge in [0.2, 0.25) is 0 Å². The van der Waals surface area contributed by atoms with Crippen molar-refractivity contribution in [3.63, 3.8) is 0 Å². The molecule has 2 atom stereocenters. The van der Waals surface area contributed by atoms with Gasteiger partial charge in [0, 0.05) is 0 Å². The Bertz CT molecular complexity index is 620. The van der Waals surface area contributed by atoms with Crippen LogP contribution in [0.4, 0.5) is 8.78 Å². The molecule has 0 aliphatic carbocycles. The van der Waals surface area contributed by atoms with Crippen molar-refractivity contribution >= 4 is 17.8 Å². The van der Waals surface area contributed by atoms with Gasteiger partial charge in [-0.15, -0.1) is 0 Å². The number of hydrogen-bond acceptors (Lipinski definition) is 5. The van der Waals surface area contributed by atoms with Gasteiger partial charge in [0.25, 0.3) is 5.91 Å². The fourth-order valence-corrected chi connectivity index (χ4v) is 1.85. The van der Waals surface area contributed by atoms with Gasteiger partial charge in [-0.2, -0.15) is 0 Å². The summed E-state index contributed by atoms with van der Waals surface area (Å²) in [5.41, 5.74) is -0.229. The lowest BCUT2D eigenvalue weighted by molar-refractivity contribution is -0.147. The summed E-state index contributed by atoms with van der Waals surface area (Å²) in [6, 6.07) is 1.62. The number of benzene rings is 1. The van der Waals surface area contributed by atoms with Gasteiger partial charge in [-0.1, -0.05) is 20.3 Å². The lowest BCUT2D eigenvalue weighted by atomic mass is 9.99. The monoisotopic (exact) mass is 343 g/mol. The van der Waals surface area contributed by atoms with E-state index < -0.39 is 42.1 Å². The quantitative estimate of drug-likeness (QED) is 0.764. The van der Waals surface area contributed by atoms with Crippen molar-refractivity contribution < 1.29 is 32.6 Å². The Labute approximate surface area is 138 Å². The Balaban J connectivity index is 2.62. The van der Waals surface area contributed by atoms with Crippen LogP contribution in [0.25, 0.3) is 0 Å². The Morgan fingerprint density at radius 2 is 1.88 bits per heavy atom. The zero-order valence-corrected chi connectivity index (χ0v) is 13.6. The molecule has 0 radical (unpaired) electrons. The average Bonchev–Trinajstić information content (AvgIpc) is 2.58. The highest BCUT2D eigenvalue weighted by molar-refractivity contribution is 5.92. The molecule has 6 nitrogen and oxygen atoms in total. The van der Waals surface area contributed by atoms with Crippen LogP contribution in [0.2, 0.25) is 0 Å². The van der Waals surface area contributed by atoms with Crippen molar-refractivity contribution in [2.24, 2.45) is 5.92 Å². The molecule has 0 aliphatic heterocycles. The van der Waals surface area contributed by atoms with Crippen LogP contribution in [-0.2, 0) is 19.1 Å². The van der Waals surface area contributed by atoms with Crippen molar-refractivity contribution in [1.29, 1.82) is 0 Å². The number of ether oxygens (including phenoxy) is 2. The Hall–Kier alpha value is -2.51. The standard InChI is InChI=1S/C16H19F2NO5/c1-4-9(2)14(16(22)23-3)19-13(20)8-24-15(21)10-5-6-11(17)12(18)7-10/h5-7,9,14H,4,8H2,1-3H3,(H,19,20). The third-order valence-electron chi connectivity index (χ3n) is 3.47. The largest absolute Gasteiger partial charge is 0.467 e. The van der Waals surface area contributed by atoms with Crippen molar-refractivity contribution in [2.45, 2.75) is 26.3 Å². The van der Waals surface area contributed by atoms with Gasteiger partial charge in [0.05, 0.1) is 12.7 Å². The lowest BCUT2D eigenvalue weighted by Crippen LogP contribution is -2.47. The molecule has 1 aromatic rings. The van der Waals surface area contributed by atoms with E-state index in [1.807, 2.05) is 6.92 Å².